The molecule has 1 aromatic carbocycles. The number of benzene rings is 1. The number of nitrogens with two attached hydrogens (primary N) is 1. The highest BCUT2D eigenvalue weighted by Gasteiger charge is 2.01. The van der Waals surface area contributed by atoms with E-state index in [1.54, 1.807) is 0 Å². The minimum absolute atomic E-state index is 0. The van der Waals surface area contributed by atoms with Crippen LogP contribution in [0.5, 0.6) is 0 Å². The number of aromatic nitrogens is 2. The summed E-state index contributed by atoms with van der Waals surface area (Å²) in [7, 11) is 1.92. The maximum absolute atomic E-state index is 5.59. The van der Waals surface area contributed by atoms with Crippen LogP contribution in [0.15, 0.2) is 24.4 Å². The molecule has 14 heavy (non-hydrogen) atoms. The van der Waals surface area contributed by atoms with Crippen molar-refractivity contribution in [2.75, 3.05) is 0 Å². The van der Waals surface area contributed by atoms with Crippen molar-refractivity contribution in [2.24, 2.45) is 12.8 Å². The van der Waals surface area contributed by atoms with Crippen LogP contribution in [0.1, 0.15) is 5.56 Å². The Labute approximate surface area is 95.1 Å². The zero-order chi connectivity index (χ0) is 8.55. The van der Waals surface area contributed by atoms with Gasteiger partial charge in [-0.2, -0.15) is 5.10 Å². The standard InChI is InChI=1S/C9H11N3.2ClH/c1-12-6-8-7(5-10)3-2-4-9(8)11-12;;/h2-4,6H,5,10H2,1H3;2*1H. The van der Waals surface area contributed by atoms with Gasteiger partial charge in [-0.15, -0.1) is 24.8 Å². The zero-order valence-electron chi connectivity index (χ0n) is 7.80. The van der Waals surface area contributed by atoms with Gasteiger partial charge in [-0.3, -0.25) is 4.68 Å². The lowest BCUT2D eigenvalue weighted by molar-refractivity contribution is 0.779. The molecule has 0 aliphatic heterocycles. The number of aryl methyl sites for hydroxylation is 1. The van der Waals surface area contributed by atoms with E-state index >= 15 is 0 Å². The molecule has 0 aliphatic rings. The van der Waals surface area contributed by atoms with E-state index in [1.807, 2.05) is 36.1 Å². The molecule has 0 aliphatic carbocycles. The Morgan fingerprint density at radius 1 is 1.36 bits per heavy atom. The largest absolute Gasteiger partial charge is 0.326 e. The van der Waals surface area contributed by atoms with Crippen LogP contribution in [0.2, 0.25) is 0 Å². The smallest absolute Gasteiger partial charge is 0.0926 e. The van der Waals surface area contributed by atoms with E-state index in [4.69, 9.17) is 5.73 Å². The van der Waals surface area contributed by atoms with E-state index in [2.05, 4.69) is 5.10 Å². The van der Waals surface area contributed by atoms with Gasteiger partial charge in [0, 0.05) is 25.2 Å². The quantitative estimate of drug-likeness (QED) is 0.818. The molecule has 2 N–H and O–H groups in total. The number of halogens is 2. The van der Waals surface area contributed by atoms with Crippen LogP contribution in [0, 0.1) is 0 Å². The Balaban J connectivity index is 0.000000845. The van der Waals surface area contributed by atoms with Gasteiger partial charge in [0.1, 0.15) is 0 Å². The van der Waals surface area contributed by atoms with Crippen LogP contribution in [-0.4, -0.2) is 9.78 Å². The van der Waals surface area contributed by atoms with Gasteiger partial charge in [-0.1, -0.05) is 12.1 Å². The summed E-state index contributed by atoms with van der Waals surface area (Å²) in [5, 5.41) is 5.44. The van der Waals surface area contributed by atoms with Crippen LogP contribution in [0.4, 0.5) is 0 Å². The number of fused-ring (bicyclic) bond motifs is 1. The first-order valence-corrected chi connectivity index (χ1v) is 3.92. The van der Waals surface area contributed by atoms with Crippen molar-refractivity contribution in [3.8, 4) is 0 Å². The van der Waals surface area contributed by atoms with E-state index in [1.165, 1.54) is 0 Å². The molecule has 0 saturated heterocycles. The molecule has 0 fully saturated rings. The summed E-state index contributed by atoms with van der Waals surface area (Å²) < 4.78 is 1.81. The van der Waals surface area contributed by atoms with Crippen LogP contribution < -0.4 is 5.73 Å². The van der Waals surface area contributed by atoms with Crippen LogP contribution in [-0.2, 0) is 13.6 Å². The molecule has 0 spiro atoms. The lowest BCUT2D eigenvalue weighted by atomic mass is 10.1. The molecule has 5 heteroatoms. The summed E-state index contributed by atoms with van der Waals surface area (Å²) in [4.78, 5) is 0. The van der Waals surface area contributed by atoms with E-state index in [-0.39, 0.29) is 24.8 Å². The van der Waals surface area contributed by atoms with E-state index in [0.717, 1.165) is 16.5 Å². The minimum Gasteiger partial charge on any atom is -0.326 e. The van der Waals surface area contributed by atoms with Crippen LogP contribution in [0.25, 0.3) is 10.9 Å². The second-order valence-corrected chi connectivity index (χ2v) is 2.86. The Hall–Kier alpha value is -0.770. The number of rotatable bonds is 1. The fourth-order valence-electron chi connectivity index (χ4n) is 1.40. The topological polar surface area (TPSA) is 43.8 Å². The summed E-state index contributed by atoms with van der Waals surface area (Å²) in [6.45, 7) is 0.572. The molecule has 0 radical (unpaired) electrons. The molecule has 2 aromatic rings. The molecule has 0 amide bonds. The molecule has 0 bridgehead atoms. The maximum atomic E-state index is 5.59. The van der Waals surface area contributed by atoms with E-state index < -0.39 is 0 Å². The van der Waals surface area contributed by atoms with Gasteiger partial charge in [0.2, 0.25) is 0 Å². The van der Waals surface area contributed by atoms with Gasteiger partial charge in [0.25, 0.3) is 0 Å². The molecule has 1 aromatic heterocycles. The molecule has 0 unspecified atom stereocenters. The Morgan fingerprint density at radius 2 is 2.07 bits per heavy atom. The third-order valence-electron chi connectivity index (χ3n) is 1.97. The first-order valence-electron chi connectivity index (χ1n) is 3.92. The highest BCUT2D eigenvalue weighted by molar-refractivity contribution is 5.85. The van der Waals surface area contributed by atoms with Crippen molar-refractivity contribution < 1.29 is 0 Å². The minimum atomic E-state index is 0. The Kier molecular flexibility index (Phi) is 4.91. The van der Waals surface area contributed by atoms with Gasteiger partial charge in [-0.25, -0.2) is 0 Å². The molecular weight excluding hydrogens is 221 g/mol. The zero-order valence-corrected chi connectivity index (χ0v) is 9.44. The molecule has 1 heterocycles. The number of hydrogen-bond acceptors (Lipinski definition) is 2. The van der Waals surface area contributed by atoms with Gasteiger partial charge >= 0.3 is 0 Å². The summed E-state index contributed by atoms with van der Waals surface area (Å²) >= 11 is 0. The predicted molar refractivity (Wildman–Crippen MR) is 63.1 cm³/mol. The summed E-state index contributed by atoms with van der Waals surface area (Å²) in [5.41, 5.74) is 7.76. The lowest BCUT2D eigenvalue weighted by Gasteiger charge is -1.95. The summed E-state index contributed by atoms with van der Waals surface area (Å²) in [5.74, 6) is 0. The van der Waals surface area contributed by atoms with Crippen molar-refractivity contribution in [1.82, 2.24) is 9.78 Å². The fourth-order valence-corrected chi connectivity index (χ4v) is 1.40. The second kappa shape index (κ2) is 5.20. The molecular formula is C9H13Cl2N3. The summed E-state index contributed by atoms with van der Waals surface area (Å²) in [6, 6.07) is 6.01. The van der Waals surface area contributed by atoms with Crippen LogP contribution in [0.3, 0.4) is 0 Å². The predicted octanol–water partition coefficient (Wildman–Crippen LogP) is 1.88. The Bertz CT molecular complexity index is 411. The lowest BCUT2D eigenvalue weighted by Crippen LogP contribution is -1.95. The van der Waals surface area contributed by atoms with Gasteiger partial charge in [0.15, 0.2) is 0 Å². The molecule has 3 nitrogen and oxygen atoms in total. The van der Waals surface area contributed by atoms with Crippen molar-refractivity contribution in [2.45, 2.75) is 6.54 Å². The average molecular weight is 234 g/mol. The number of hydrogen-bond donors (Lipinski definition) is 1. The SMILES string of the molecule is Cl.Cl.Cn1cc2c(CN)cccc2n1. The Morgan fingerprint density at radius 3 is 2.71 bits per heavy atom. The number of nitrogens with zero attached hydrogens (tertiary/aromatic N) is 2. The van der Waals surface area contributed by atoms with Gasteiger partial charge in [0.05, 0.1) is 5.52 Å². The highest BCUT2D eigenvalue weighted by Crippen LogP contribution is 2.15. The summed E-state index contributed by atoms with van der Waals surface area (Å²) in [6.07, 6.45) is 2.00. The van der Waals surface area contributed by atoms with Gasteiger partial charge < -0.3 is 5.73 Å². The van der Waals surface area contributed by atoms with Crippen molar-refractivity contribution in [1.29, 1.82) is 0 Å². The van der Waals surface area contributed by atoms with Gasteiger partial charge in [-0.05, 0) is 11.6 Å². The first-order chi connectivity index (χ1) is 5.81. The highest BCUT2D eigenvalue weighted by atomic mass is 35.5. The molecule has 0 atom stereocenters. The third kappa shape index (κ3) is 2.18. The first kappa shape index (κ1) is 13.2. The van der Waals surface area contributed by atoms with E-state index in [0.29, 0.717) is 6.54 Å². The monoisotopic (exact) mass is 233 g/mol. The van der Waals surface area contributed by atoms with Crippen molar-refractivity contribution >= 4 is 35.7 Å². The van der Waals surface area contributed by atoms with Crippen LogP contribution >= 0.6 is 24.8 Å². The van der Waals surface area contributed by atoms with Crippen molar-refractivity contribution in [3.05, 3.63) is 30.0 Å². The van der Waals surface area contributed by atoms with E-state index in [9.17, 15) is 0 Å². The molecule has 0 saturated carbocycles. The molecule has 2 rings (SSSR count). The fraction of sp³-hybridized carbons (Fsp3) is 0.222. The normalized spacial score (nSPS) is 9.29. The molecule has 78 valence electrons. The maximum Gasteiger partial charge on any atom is 0.0926 e. The third-order valence-corrected chi connectivity index (χ3v) is 1.97. The average Bonchev–Trinajstić information content (AvgIpc) is 2.44. The second-order valence-electron chi connectivity index (χ2n) is 2.86. The van der Waals surface area contributed by atoms with Crippen molar-refractivity contribution in [3.63, 3.8) is 0 Å².